The fourth-order valence-corrected chi connectivity index (χ4v) is 1.13. The summed E-state index contributed by atoms with van der Waals surface area (Å²) in [6.45, 7) is 1.64. The van der Waals surface area contributed by atoms with Gasteiger partial charge in [-0.05, 0) is 32.3 Å². The van der Waals surface area contributed by atoms with E-state index in [2.05, 4.69) is 17.5 Å². The second kappa shape index (κ2) is 5.14. The summed E-state index contributed by atoms with van der Waals surface area (Å²) >= 11 is 4.23. The van der Waals surface area contributed by atoms with Gasteiger partial charge in [0.1, 0.15) is 12.4 Å². The Kier molecular flexibility index (Phi) is 4.12. The summed E-state index contributed by atoms with van der Waals surface area (Å²) in [7, 11) is 4.05. The molecule has 0 heterocycles. The van der Waals surface area contributed by atoms with E-state index in [0.717, 1.165) is 17.2 Å². The summed E-state index contributed by atoms with van der Waals surface area (Å²) in [6.07, 6.45) is 0. The van der Waals surface area contributed by atoms with Gasteiger partial charge >= 0.3 is 0 Å². The molecule has 0 saturated heterocycles. The van der Waals surface area contributed by atoms with Crippen molar-refractivity contribution in [1.82, 2.24) is 4.90 Å². The lowest BCUT2D eigenvalue weighted by atomic mass is 10.3. The summed E-state index contributed by atoms with van der Waals surface area (Å²) < 4.78 is 5.51. The molecule has 0 amide bonds. The van der Waals surface area contributed by atoms with Crippen LogP contribution in [0.25, 0.3) is 0 Å². The first-order chi connectivity index (χ1) is 6.18. The first-order valence-corrected chi connectivity index (χ1v) is 4.70. The molecule has 1 aromatic carbocycles. The Morgan fingerprint density at radius 2 is 2.15 bits per heavy atom. The van der Waals surface area contributed by atoms with Crippen molar-refractivity contribution in [2.45, 2.75) is 4.90 Å². The van der Waals surface area contributed by atoms with Crippen LogP contribution in [0.1, 0.15) is 0 Å². The SMILES string of the molecule is CN(C)CCOc1cccc(S)c1. The second-order valence-electron chi connectivity index (χ2n) is 3.15. The number of ether oxygens (including phenoxy) is 1. The highest BCUT2D eigenvalue weighted by Gasteiger charge is 1.94. The van der Waals surface area contributed by atoms with Crippen LogP contribution in [0.3, 0.4) is 0 Å². The van der Waals surface area contributed by atoms with Gasteiger partial charge in [0.15, 0.2) is 0 Å². The molecule has 0 fully saturated rings. The molecule has 0 unspecified atom stereocenters. The van der Waals surface area contributed by atoms with Crippen LogP contribution >= 0.6 is 12.6 Å². The summed E-state index contributed by atoms with van der Waals surface area (Å²) in [4.78, 5) is 3.02. The lowest BCUT2D eigenvalue weighted by molar-refractivity contribution is 0.261. The molecule has 13 heavy (non-hydrogen) atoms. The molecule has 1 aromatic rings. The average molecular weight is 197 g/mol. The van der Waals surface area contributed by atoms with Crippen LogP contribution in [-0.2, 0) is 0 Å². The van der Waals surface area contributed by atoms with Gasteiger partial charge in [-0.2, -0.15) is 0 Å². The molecule has 0 bridgehead atoms. The van der Waals surface area contributed by atoms with E-state index in [9.17, 15) is 0 Å². The predicted molar refractivity (Wildman–Crippen MR) is 57.7 cm³/mol. The number of rotatable bonds is 4. The van der Waals surface area contributed by atoms with E-state index in [-0.39, 0.29) is 0 Å². The summed E-state index contributed by atoms with van der Waals surface area (Å²) in [5.74, 6) is 0.884. The highest BCUT2D eigenvalue weighted by atomic mass is 32.1. The fourth-order valence-electron chi connectivity index (χ4n) is 0.919. The van der Waals surface area contributed by atoms with Crippen LogP contribution in [-0.4, -0.2) is 32.1 Å². The Morgan fingerprint density at radius 1 is 1.38 bits per heavy atom. The van der Waals surface area contributed by atoms with Crippen molar-refractivity contribution >= 4 is 12.6 Å². The molecule has 0 N–H and O–H groups in total. The van der Waals surface area contributed by atoms with E-state index < -0.39 is 0 Å². The van der Waals surface area contributed by atoms with Crippen LogP contribution in [0, 0.1) is 0 Å². The minimum Gasteiger partial charge on any atom is -0.492 e. The zero-order valence-electron chi connectivity index (χ0n) is 8.03. The number of hydrogen-bond acceptors (Lipinski definition) is 3. The third-order valence-electron chi connectivity index (χ3n) is 1.62. The maximum absolute atomic E-state index is 5.51. The zero-order chi connectivity index (χ0) is 9.68. The van der Waals surface area contributed by atoms with Crippen LogP contribution in [0.5, 0.6) is 5.75 Å². The Morgan fingerprint density at radius 3 is 2.77 bits per heavy atom. The van der Waals surface area contributed by atoms with E-state index in [1.54, 1.807) is 0 Å². The van der Waals surface area contributed by atoms with Crippen molar-refractivity contribution in [2.24, 2.45) is 0 Å². The lowest BCUT2D eigenvalue weighted by Crippen LogP contribution is -2.19. The smallest absolute Gasteiger partial charge is 0.120 e. The molecular weight excluding hydrogens is 182 g/mol. The number of nitrogens with zero attached hydrogens (tertiary/aromatic N) is 1. The van der Waals surface area contributed by atoms with E-state index in [0.29, 0.717) is 6.61 Å². The molecule has 2 nitrogen and oxygen atoms in total. The largest absolute Gasteiger partial charge is 0.492 e. The standard InChI is InChI=1S/C10H15NOS/c1-11(2)6-7-12-9-4-3-5-10(13)8-9/h3-5,8,13H,6-7H2,1-2H3. The average Bonchev–Trinajstić information content (AvgIpc) is 2.03. The summed E-state index contributed by atoms with van der Waals surface area (Å²) in [5.41, 5.74) is 0. The van der Waals surface area contributed by atoms with Crippen LogP contribution in [0.2, 0.25) is 0 Å². The Balaban J connectivity index is 2.37. The predicted octanol–water partition coefficient (Wildman–Crippen LogP) is 1.92. The van der Waals surface area contributed by atoms with Gasteiger partial charge in [-0.15, -0.1) is 12.6 Å². The Labute approximate surface area is 84.9 Å². The normalized spacial score (nSPS) is 10.5. The molecule has 72 valence electrons. The molecule has 3 heteroatoms. The van der Waals surface area contributed by atoms with Gasteiger partial charge in [-0.25, -0.2) is 0 Å². The van der Waals surface area contributed by atoms with Crippen LogP contribution in [0.4, 0.5) is 0 Å². The molecule has 0 saturated carbocycles. The van der Waals surface area contributed by atoms with Crippen molar-refractivity contribution < 1.29 is 4.74 Å². The van der Waals surface area contributed by atoms with Crippen LogP contribution in [0.15, 0.2) is 29.2 Å². The molecule has 0 aromatic heterocycles. The van der Waals surface area contributed by atoms with Crippen molar-refractivity contribution in [2.75, 3.05) is 27.2 Å². The maximum atomic E-state index is 5.51. The molecule has 0 aliphatic rings. The van der Waals surface area contributed by atoms with Crippen LogP contribution < -0.4 is 4.74 Å². The topological polar surface area (TPSA) is 12.5 Å². The lowest BCUT2D eigenvalue weighted by Gasteiger charge is -2.10. The number of thiol groups is 1. The fraction of sp³-hybridized carbons (Fsp3) is 0.400. The molecule has 0 atom stereocenters. The molecule has 0 spiro atoms. The number of benzene rings is 1. The van der Waals surface area contributed by atoms with Gasteiger partial charge in [0.05, 0.1) is 0 Å². The number of hydrogen-bond donors (Lipinski definition) is 1. The minimum atomic E-state index is 0.713. The maximum Gasteiger partial charge on any atom is 0.120 e. The zero-order valence-corrected chi connectivity index (χ0v) is 8.92. The number of likely N-dealkylation sites (N-methyl/N-ethyl adjacent to an activating group) is 1. The van der Waals surface area contributed by atoms with Gasteiger partial charge in [0.25, 0.3) is 0 Å². The highest BCUT2D eigenvalue weighted by molar-refractivity contribution is 7.80. The van der Waals surface area contributed by atoms with E-state index in [1.165, 1.54) is 0 Å². The molecule has 0 radical (unpaired) electrons. The van der Waals surface area contributed by atoms with Crippen molar-refractivity contribution in [3.05, 3.63) is 24.3 Å². The van der Waals surface area contributed by atoms with E-state index in [4.69, 9.17) is 4.74 Å². The Bertz CT molecular complexity index is 263. The third-order valence-corrected chi connectivity index (χ3v) is 1.90. The van der Waals surface area contributed by atoms with Gasteiger partial charge < -0.3 is 9.64 Å². The first-order valence-electron chi connectivity index (χ1n) is 4.25. The monoisotopic (exact) mass is 197 g/mol. The molecule has 0 aliphatic carbocycles. The quantitative estimate of drug-likeness (QED) is 0.740. The van der Waals surface area contributed by atoms with E-state index >= 15 is 0 Å². The first kappa shape index (κ1) is 10.4. The van der Waals surface area contributed by atoms with Crippen molar-refractivity contribution in [3.8, 4) is 5.75 Å². The molecular formula is C10H15NOS. The molecule has 0 aliphatic heterocycles. The summed E-state index contributed by atoms with van der Waals surface area (Å²) in [5, 5.41) is 0. The van der Waals surface area contributed by atoms with Gasteiger partial charge in [0, 0.05) is 11.4 Å². The minimum absolute atomic E-state index is 0.713. The highest BCUT2D eigenvalue weighted by Crippen LogP contribution is 2.15. The van der Waals surface area contributed by atoms with Gasteiger partial charge in [0.2, 0.25) is 0 Å². The van der Waals surface area contributed by atoms with Gasteiger partial charge in [-0.1, -0.05) is 6.07 Å². The second-order valence-corrected chi connectivity index (χ2v) is 3.67. The Hall–Kier alpha value is -0.670. The van der Waals surface area contributed by atoms with Gasteiger partial charge in [-0.3, -0.25) is 0 Å². The summed E-state index contributed by atoms with van der Waals surface area (Å²) in [6, 6.07) is 7.73. The van der Waals surface area contributed by atoms with E-state index in [1.807, 2.05) is 38.4 Å². The molecule has 1 rings (SSSR count). The third kappa shape index (κ3) is 4.20. The van der Waals surface area contributed by atoms with Crippen molar-refractivity contribution in [1.29, 1.82) is 0 Å². The van der Waals surface area contributed by atoms with Crippen molar-refractivity contribution in [3.63, 3.8) is 0 Å².